The molecule has 0 radical (unpaired) electrons. The lowest BCUT2D eigenvalue weighted by Gasteiger charge is -1.99. The van der Waals surface area contributed by atoms with Gasteiger partial charge in [0.2, 0.25) is 0 Å². The molecule has 0 saturated carbocycles. The Morgan fingerprint density at radius 2 is 2.00 bits per heavy atom. The summed E-state index contributed by atoms with van der Waals surface area (Å²) >= 11 is 3.38. The van der Waals surface area contributed by atoms with Crippen molar-refractivity contribution in [1.82, 2.24) is 4.98 Å². The zero-order valence-corrected chi connectivity index (χ0v) is 13.0. The highest BCUT2D eigenvalue weighted by Gasteiger charge is 2.06. The molecule has 1 aromatic heterocycles. The normalized spacial score (nSPS) is 10.9. The summed E-state index contributed by atoms with van der Waals surface area (Å²) in [6.07, 6.45) is 0. The summed E-state index contributed by atoms with van der Waals surface area (Å²) in [5.74, 6) is -0.102. The van der Waals surface area contributed by atoms with Gasteiger partial charge in [0.15, 0.2) is 4.34 Å². The second kappa shape index (κ2) is 5.87. The number of fused-ring (bicyclic) bond motifs is 1. The highest BCUT2D eigenvalue weighted by molar-refractivity contribution is 8.00. The van der Waals surface area contributed by atoms with Crippen LogP contribution in [0.4, 0.5) is 0 Å². The van der Waals surface area contributed by atoms with E-state index in [0.29, 0.717) is 5.56 Å². The summed E-state index contributed by atoms with van der Waals surface area (Å²) in [5, 5.41) is 8.87. The number of benzene rings is 2. The Balaban J connectivity index is 1.72. The highest BCUT2D eigenvalue weighted by Crippen LogP contribution is 2.31. The Bertz CT molecular complexity index is 794. The van der Waals surface area contributed by atoms with Crippen LogP contribution in [0.1, 0.15) is 21.5 Å². The topological polar surface area (TPSA) is 50.2 Å². The monoisotopic (exact) mass is 315 g/mol. The Morgan fingerprint density at radius 1 is 1.24 bits per heavy atom. The van der Waals surface area contributed by atoms with Crippen LogP contribution in [0.25, 0.3) is 10.2 Å². The Kier molecular flexibility index (Phi) is 3.94. The number of nitrogens with zero attached hydrogens (tertiary/aromatic N) is 1. The van der Waals surface area contributed by atoms with Gasteiger partial charge in [-0.05, 0) is 42.3 Å². The largest absolute Gasteiger partial charge is 0.478 e. The van der Waals surface area contributed by atoms with Gasteiger partial charge in [-0.2, -0.15) is 0 Å². The molecular weight excluding hydrogens is 302 g/mol. The van der Waals surface area contributed by atoms with Gasteiger partial charge in [-0.1, -0.05) is 30.0 Å². The molecule has 2 aromatic carbocycles. The van der Waals surface area contributed by atoms with E-state index in [1.54, 1.807) is 35.2 Å². The van der Waals surface area contributed by atoms with Gasteiger partial charge in [-0.15, -0.1) is 11.3 Å². The summed E-state index contributed by atoms with van der Waals surface area (Å²) in [5.41, 5.74) is 3.70. The number of thiazole rings is 1. The first-order valence-corrected chi connectivity index (χ1v) is 8.24. The molecule has 3 nitrogen and oxygen atoms in total. The van der Waals surface area contributed by atoms with Crippen molar-refractivity contribution in [2.24, 2.45) is 0 Å². The van der Waals surface area contributed by atoms with Crippen LogP contribution < -0.4 is 0 Å². The van der Waals surface area contributed by atoms with Gasteiger partial charge in [-0.25, -0.2) is 9.78 Å². The number of carbonyl (C=O) groups is 1. The Labute approximate surface area is 130 Å². The van der Waals surface area contributed by atoms with Crippen LogP contribution >= 0.6 is 23.1 Å². The molecule has 3 aromatic rings. The van der Waals surface area contributed by atoms with Crippen LogP contribution in [0.2, 0.25) is 0 Å². The molecule has 0 aliphatic carbocycles. The first kappa shape index (κ1) is 14.1. The fraction of sp³-hybridized carbons (Fsp3) is 0.125. The summed E-state index contributed by atoms with van der Waals surface area (Å²) in [6, 6.07) is 13.3. The van der Waals surface area contributed by atoms with E-state index in [2.05, 4.69) is 24.0 Å². The summed E-state index contributed by atoms with van der Waals surface area (Å²) < 4.78 is 2.25. The molecule has 0 aliphatic heterocycles. The third-order valence-corrected chi connectivity index (χ3v) is 5.32. The average molecular weight is 315 g/mol. The molecule has 0 saturated heterocycles. The van der Waals surface area contributed by atoms with Crippen molar-refractivity contribution in [2.75, 3.05) is 0 Å². The summed E-state index contributed by atoms with van der Waals surface area (Å²) in [7, 11) is 0. The SMILES string of the molecule is Cc1ccc2nc(SCc3ccc(C(=O)O)cc3)sc2c1. The lowest BCUT2D eigenvalue weighted by molar-refractivity contribution is 0.0697. The number of hydrogen-bond acceptors (Lipinski definition) is 4. The van der Waals surface area contributed by atoms with E-state index < -0.39 is 5.97 Å². The van der Waals surface area contributed by atoms with Crippen LogP contribution in [0.3, 0.4) is 0 Å². The molecule has 5 heteroatoms. The molecule has 1 N–H and O–H groups in total. The minimum atomic E-state index is -0.893. The fourth-order valence-electron chi connectivity index (χ4n) is 1.96. The number of carboxylic acids is 1. The molecule has 106 valence electrons. The molecule has 0 atom stereocenters. The molecule has 0 fully saturated rings. The third kappa shape index (κ3) is 3.25. The minimum Gasteiger partial charge on any atom is -0.478 e. The predicted molar refractivity (Wildman–Crippen MR) is 87.3 cm³/mol. The summed E-state index contributed by atoms with van der Waals surface area (Å²) in [6.45, 7) is 2.08. The average Bonchev–Trinajstić information content (AvgIpc) is 2.87. The second-order valence-corrected chi connectivity index (χ2v) is 6.99. The van der Waals surface area contributed by atoms with Crippen molar-refractivity contribution in [2.45, 2.75) is 17.0 Å². The standard InChI is InChI=1S/C16H13NO2S2/c1-10-2-7-13-14(8-10)21-16(17-13)20-9-11-3-5-12(6-4-11)15(18)19/h2-8H,9H2,1H3,(H,18,19). The molecule has 0 unspecified atom stereocenters. The number of aromatic carboxylic acids is 1. The van der Waals surface area contributed by atoms with E-state index in [9.17, 15) is 4.79 Å². The maximum Gasteiger partial charge on any atom is 0.335 e. The van der Waals surface area contributed by atoms with Crippen LogP contribution in [0.15, 0.2) is 46.8 Å². The van der Waals surface area contributed by atoms with E-state index in [1.165, 1.54) is 10.3 Å². The zero-order chi connectivity index (χ0) is 14.8. The van der Waals surface area contributed by atoms with Gasteiger partial charge in [0.1, 0.15) is 0 Å². The smallest absolute Gasteiger partial charge is 0.335 e. The molecule has 21 heavy (non-hydrogen) atoms. The fourth-order valence-corrected chi connectivity index (χ4v) is 4.08. The maximum atomic E-state index is 10.8. The van der Waals surface area contributed by atoms with Crippen LogP contribution in [-0.2, 0) is 5.75 Å². The maximum absolute atomic E-state index is 10.8. The number of carboxylic acid groups (broad SMARTS) is 1. The molecule has 3 rings (SSSR count). The van der Waals surface area contributed by atoms with Gasteiger partial charge in [0.05, 0.1) is 15.8 Å². The molecule has 0 spiro atoms. The molecule has 0 bridgehead atoms. The molecular formula is C16H13NO2S2. The van der Waals surface area contributed by atoms with Gasteiger partial charge in [-0.3, -0.25) is 0 Å². The van der Waals surface area contributed by atoms with Crippen molar-refractivity contribution in [1.29, 1.82) is 0 Å². The van der Waals surface area contributed by atoms with Crippen molar-refractivity contribution in [3.63, 3.8) is 0 Å². The van der Waals surface area contributed by atoms with E-state index >= 15 is 0 Å². The number of rotatable bonds is 4. The van der Waals surface area contributed by atoms with E-state index in [1.807, 2.05) is 18.2 Å². The van der Waals surface area contributed by atoms with Gasteiger partial charge in [0.25, 0.3) is 0 Å². The van der Waals surface area contributed by atoms with Crippen molar-refractivity contribution in [3.05, 3.63) is 59.2 Å². The summed E-state index contributed by atoms with van der Waals surface area (Å²) in [4.78, 5) is 15.4. The quantitative estimate of drug-likeness (QED) is 0.715. The molecule has 0 aliphatic rings. The Hall–Kier alpha value is -1.85. The molecule has 1 heterocycles. The number of thioether (sulfide) groups is 1. The van der Waals surface area contributed by atoms with E-state index in [0.717, 1.165) is 21.2 Å². The van der Waals surface area contributed by atoms with Crippen molar-refractivity contribution >= 4 is 39.3 Å². The highest BCUT2D eigenvalue weighted by atomic mass is 32.2. The minimum absolute atomic E-state index is 0.319. The van der Waals surface area contributed by atoms with Crippen LogP contribution in [0.5, 0.6) is 0 Å². The lowest BCUT2D eigenvalue weighted by Crippen LogP contribution is -1.95. The van der Waals surface area contributed by atoms with Gasteiger partial charge < -0.3 is 5.11 Å². The first-order valence-electron chi connectivity index (χ1n) is 6.44. The molecule has 0 amide bonds. The number of hydrogen-bond donors (Lipinski definition) is 1. The Morgan fingerprint density at radius 3 is 2.71 bits per heavy atom. The van der Waals surface area contributed by atoms with Crippen LogP contribution in [-0.4, -0.2) is 16.1 Å². The number of aromatic nitrogens is 1. The zero-order valence-electron chi connectivity index (χ0n) is 11.4. The van der Waals surface area contributed by atoms with E-state index in [-0.39, 0.29) is 0 Å². The van der Waals surface area contributed by atoms with Crippen molar-refractivity contribution in [3.8, 4) is 0 Å². The van der Waals surface area contributed by atoms with Gasteiger partial charge >= 0.3 is 5.97 Å². The van der Waals surface area contributed by atoms with Crippen LogP contribution in [0, 0.1) is 6.92 Å². The first-order chi connectivity index (χ1) is 10.1. The van der Waals surface area contributed by atoms with Crippen molar-refractivity contribution < 1.29 is 9.90 Å². The van der Waals surface area contributed by atoms with Gasteiger partial charge in [0, 0.05) is 5.75 Å². The third-order valence-electron chi connectivity index (χ3n) is 3.09. The van der Waals surface area contributed by atoms with E-state index in [4.69, 9.17) is 5.11 Å². The second-order valence-electron chi connectivity index (χ2n) is 4.74. The predicted octanol–water partition coefficient (Wildman–Crippen LogP) is 4.60. The lowest BCUT2D eigenvalue weighted by atomic mass is 10.1. The number of aryl methyl sites for hydroxylation is 1.